The Bertz CT molecular complexity index is 557. The standard InChI is InChI=1S/C14H12ClFO2/c1-18-13-8-10(15)5-6-12(13)14(17)9-3-2-4-11(16)7-9/h2-8,14,17H,1H3. The molecule has 0 radical (unpaired) electrons. The highest BCUT2D eigenvalue weighted by atomic mass is 35.5. The van der Waals surface area contributed by atoms with Crippen LogP contribution in [0.25, 0.3) is 0 Å². The molecule has 0 spiro atoms. The van der Waals surface area contributed by atoms with Crippen LogP contribution in [-0.2, 0) is 0 Å². The Labute approximate surface area is 110 Å². The Morgan fingerprint density at radius 2 is 2.00 bits per heavy atom. The van der Waals surface area contributed by atoms with Crippen LogP contribution in [0.3, 0.4) is 0 Å². The zero-order chi connectivity index (χ0) is 13.1. The first-order valence-electron chi connectivity index (χ1n) is 5.39. The van der Waals surface area contributed by atoms with E-state index in [1.165, 1.54) is 19.2 Å². The van der Waals surface area contributed by atoms with Crippen molar-refractivity contribution in [3.05, 3.63) is 64.4 Å². The molecule has 0 aliphatic carbocycles. The molecule has 4 heteroatoms. The Balaban J connectivity index is 2.42. The van der Waals surface area contributed by atoms with Crippen molar-refractivity contribution in [1.82, 2.24) is 0 Å². The zero-order valence-corrected chi connectivity index (χ0v) is 10.5. The van der Waals surface area contributed by atoms with Gasteiger partial charge in [0.1, 0.15) is 17.7 Å². The third-order valence-electron chi connectivity index (χ3n) is 2.65. The molecule has 2 aromatic rings. The van der Waals surface area contributed by atoms with E-state index in [1.807, 2.05) is 0 Å². The number of hydrogen-bond donors (Lipinski definition) is 1. The van der Waals surface area contributed by atoms with Crippen LogP contribution < -0.4 is 4.74 Å². The maximum Gasteiger partial charge on any atom is 0.126 e. The molecule has 0 heterocycles. The SMILES string of the molecule is COc1cc(Cl)ccc1C(O)c1cccc(F)c1. The van der Waals surface area contributed by atoms with Crippen LogP contribution in [0.4, 0.5) is 4.39 Å². The van der Waals surface area contributed by atoms with E-state index in [1.54, 1.807) is 30.3 Å². The molecule has 2 rings (SSSR count). The van der Waals surface area contributed by atoms with Crippen molar-refractivity contribution in [3.63, 3.8) is 0 Å². The molecule has 0 bridgehead atoms. The summed E-state index contributed by atoms with van der Waals surface area (Å²) in [4.78, 5) is 0. The van der Waals surface area contributed by atoms with Crippen LogP contribution in [0, 0.1) is 5.82 Å². The van der Waals surface area contributed by atoms with Crippen molar-refractivity contribution < 1.29 is 14.2 Å². The Kier molecular flexibility index (Phi) is 3.84. The number of benzene rings is 2. The van der Waals surface area contributed by atoms with Crippen LogP contribution in [0.2, 0.25) is 5.02 Å². The summed E-state index contributed by atoms with van der Waals surface area (Å²) in [6.45, 7) is 0. The first-order valence-corrected chi connectivity index (χ1v) is 5.76. The molecule has 0 aliphatic heterocycles. The van der Waals surface area contributed by atoms with Gasteiger partial charge in [0, 0.05) is 10.6 Å². The summed E-state index contributed by atoms with van der Waals surface area (Å²) >= 11 is 5.85. The van der Waals surface area contributed by atoms with Gasteiger partial charge in [-0.15, -0.1) is 0 Å². The molecule has 0 fully saturated rings. The van der Waals surface area contributed by atoms with E-state index >= 15 is 0 Å². The Hall–Kier alpha value is -1.58. The third kappa shape index (κ3) is 2.63. The van der Waals surface area contributed by atoms with E-state index in [0.29, 0.717) is 21.9 Å². The fraction of sp³-hybridized carbons (Fsp3) is 0.143. The highest BCUT2D eigenvalue weighted by molar-refractivity contribution is 6.30. The highest BCUT2D eigenvalue weighted by Gasteiger charge is 2.16. The van der Waals surface area contributed by atoms with Crippen LogP contribution >= 0.6 is 11.6 Å². The Morgan fingerprint density at radius 3 is 2.67 bits per heavy atom. The zero-order valence-electron chi connectivity index (χ0n) is 9.73. The largest absolute Gasteiger partial charge is 0.496 e. The molecule has 0 aromatic heterocycles. The lowest BCUT2D eigenvalue weighted by molar-refractivity contribution is 0.214. The minimum atomic E-state index is -0.951. The molecule has 0 aliphatic rings. The number of rotatable bonds is 3. The van der Waals surface area contributed by atoms with Gasteiger partial charge in [-0.05, 0) is 29.8 Å². The minimum absolute atomic E-state index is 0.389. The number of aliphatic hydroxyl groups excluding tert-OH is 1. The lowest BCUT2D eigenvalue weighted by atomic mass is 10.0. The molecule has 2 aromatic carbocycles. The number of hydrogen-bond acceptors (Lipinski definition) is 2. The van der Waals surface area contributed by atoms with Crippen molar-refractivity contribution in [1.29, 1.82) is 0 Å². The maximum absolute atomic E-state index is 13.1. The van der Waals surface area contributed by atoms with Crippen LogP contribution in [0.5, 0.6) is 5.75 Å². The predicted molar refractivity (Wildman–Crippen MR) is 68.5 cm³/mol. The van der Waals surface area contributed by atoms with Crippen molar-refractivity contribution in [2.45, 2.75) is 6.10 Å². The van der Waals surface area contributed by atoms with Crippen LogP contribution in [0.1, 0.15) is 17.2 Å². The first kappa shape index (κ1) is 12.9. The molecule has 0 saturated carbocycles. The quantitative estimate of drug-likeness (QED) is 0.920. The summed E-state index contributed by atoms with van der Waals surface area (Å²) in [7, 11) is 1.49. The van der Waals surface area contributed by atoms with E-state index in [2.05, 4.69) is 0 Å². The molecule has 94 valence electrons. The summed E-state index contributed by atoms with van der Waals surface area (Å²) < 4.78 is 18.3. The van der Waals surface area contributed by atoms with E-state index in [4.69, 9.17) is 16.3 Å². The smallest absolute Gasteiger partial charge is 0.126 e. The molecule has 18 heavy (non-hydrogen) atoms. The molecule has 0 saturated heterocycles. The summed E-state index contributed by atoms with van der Waals surface area (Å²) in [5.41, 5.74) is 1.02. The van der Waals surface area contributed by atoms with E-state index in [-0.39, 0.29) is 5.82 Å². The predicted octanol–water partition coefficient (Wildman–Crippen LogP) is 3.57. The summed E-state index contributed by atoms with van der Waals surface area (Å²) in [5, 5.41) is 10.7. The van der Waals surface area contributed by atoms with Gasteiger partial charge in [-0.25, -0.2) is 4.39 Å². The van der Waals surface area contributed by atoms with Gasteiger partial charge in [0.05, 0.1) is 7.11 Å². The second-order valence-electron chi connectivity index (χ2n) is 3.84. The molecule has 1 N–H and O–H groups in total. The second kappa shape index (κ2) is 5.38. The fourth-order valence-electron chi connectivity index (χ4n) is 1.77. The van der Waals surface area contributed by atoms with E-state index in [0.717, 1.165) is 0 Å². The van der Waals surface area contributed by atoms with Gasteiger partial charge in [-0.1, -0.05) is 29.8 Å². The first-order chi connectivity index (χ1) is 8.61. The second-order valence-corrected chi connectivity index (χ2v) is 4.28. The highest BCUT2D eigenvalue weighted by Crippen LogP contribution is 2.32. The number of aliphatic hydroxyl groups is 1. The lowest BCUT2D eigenvalue weighted by Crippen LogP contribution is -2.02. The minimum Gasteiger partial charge on any atom is -0.496 e. The van der Waals surface area contributed by atoms with Gasteiger partial charge < -0.3 is 9.84 Å². The molecule has 0 amide bonds. The van der Waals surface area contributed by atoms with E-state index in [9.17, 15) is 9.50 Å². The van der Waals surface area contributed by atoms with Crippen molar-refractivity contribution in [3.8, 4) is 5.75 Å². The molecular formula is C14H12ClFO2. The van der Waals surface area contributed by atoms with Gasteiger partial charge in [-0.2, -0.15) is 0 Å². The van der Waals surface area contributed by atoms with Gasteiger partial charge >= 0.3 is 0 Å². The topological polar surface area (TPSA) is 29.5 Å². The number of methoxy groups -OCH3 is 1. The summed E-state index contributed by atoms with van der Waals surface area (Å²) in [6, 6.07) is 10.8. The van der Waals surface area contributed by atoms with Crippen molar-refractivity contribution in [2.24, 2.45) is 0 Å². The van der Waals surface area contributed by atoms with Crippen LogP contribution in [0.15, 0.2) is 42.5 Å². The van der Waals surface area contributed by atoms with Gasteiger partial charge in [-0.3, -0.25) is 0 Å². The summed E-state index contributed by atoms with van der Waals surface area (Å²) in [6.07, 6.45) is -0.951. The normalized spacial score (nSPS) is 12.2. The van der Waals surface area contributed by atoms with Gasteiger partial charge in [0.15, 0.2) is 0 Å². The average Bonchev–Trinajstić information content (AvgIpc) is 2.37. The Morgan fingerprint density at radius 1 is 1.22 bits per heavy atom. The number of halogens is 2. The maximum atomic E-state index is 13.1. The third-order valence-corrected chi connectivity index (χ3v) is 2.89. The van der Waals surface area contributed by atoms with Gasteiger partial charge in [0.2, 0.25) is 0 Å². The molecule has 1 unspecified atom stereocenters. The molecular weight excluding hydrogens is 255 g/mol. The summed E-state index contributed by atoms with van der Waals surface area (Å²) in [5.74, 6) is 0.0822. The van der Waals surface area contributed by atoms with Crippen molar-refractivity contribution >= 4 is 11.6 Å². The number of ether oxygens (including phenoxy) is 1. The average molecular weight is 267 g/mol. The molecule has 2 nitrogen and oxygen atoms in total. The van der Waals surface area contributed by atoms with E-state index < -0.39 is 6.10 Å². The monoisotopic (exact) mass is 266 g/mol. The molecule has 1 atom stereocenters. The van der Waals surface area contributed by atoms with Crippen LogP contribution in [-0.4, -0.2) is 12.2 Å². The lowest BCUT2D eigenvalue weighted by Gasteiger charge is -2.15. The van der Waals surface area contributed by atoms with Gasteiger partial charge in [0.25, 0.3) is 0 Å². The van der Waals surface area contributed by atoms with Crippen molar-refractivity contribution in [2.75, 3.05) is 7.11 Å². The fourth-order valence-corrected chi connectivity index (χ4v) is 1.93.